The first-order valence-corrected chi connectivity index (χ1v) is 10.5. The average Bonchev–Trinajstić information content (AvgIpc) is 3.56. The third-order valence-electron chi connectivity index (χ3n) is 5.55. The number of nitrogens with zero attached hydrogens (tertiary/aromatic N) is 7. The van der Waals surface area contributed by atoms with Crippen molar-refractivity contribution in [1.29, 1.82) is 0 Å². The van der Waals surface area contributed by atoms with E-state index in [0.717, 1.165) is 16.9 Å². The summed E-state index contributed by atoms with van der Waals surface area (Å²) in [6.45, 7) is 3.70. The standard InChI is InChI=1S/C23H23N7O3/c1-15-6-7-28(27-15)8-9-29-13-17(12-25-29)30-14-20-18(23(30)31)4-5-19(26-20)16-10-21(32-2)22(33-3)24-11-16/h4-7,10-13H,8-9,14H2,1-3H3. The Morgan fingerprint density at radius 2 is 1.91 bits per heavy atom. The van der Waals surface area contributed by atoms with Crippen LogP contribution in [0.25, 0.3) is 11.3 Å². The van der Waals surface area contributed by atoms with Crippen molar-refractivity contribution in [2.75, 3.05) is 19.1 Å². The average molecular weight is 445 g/mol. The zero-order chi connectivity index (χ0) is 22.9. The van der Waals surface area contributed by atoms with Crippen LogP contribution < -0.4 is 14.4 Å². The predicted molar refractivity (Wildman–Crippen MR) is 120 cm³/mol. The van der Waals surface area contributed by atoms with Crippen LogP contribution in [0.1, 0.15) is 21.7 Å². The number of carbonyl (C=O) groups excluding carboxylic acids is 1. The van der Waals surface area contributed by atoms with Crippen molar-refractivity contribution >= 4 is 11.6 Å². The van der Waals surface area contributed by atoms with Crippen LogP contribution in [-0.2, 0) is 19.6 Å². The third kappa shape index (κ3) is 3.91. The molecule has 33 heavy (non-hydrogen) atoms. The lowest BCUT2D eigenvalue weighted by Crippen LogP contribution is -2.22. The fourth-order valence-electron chi connectivity index (χ4n) is 3.83. The van der Waals surface area contributed by atoms with Gasteiger partial charge in [0.15, 0.2) is 5.75 Å². The first-order chi connectivity index (χ1) is 16.1. The van der Waals surface area contributed by atoms with Crippen molar-refractivity contribution in [1.82, 2.24) is 29.5 Å². The van der Waals surface area contributed by atoms with Crippen LogP contribution in [0.3, 0.4) is 0 Å². The number of methoxy groups -OCH3 is 2. The van der Waals surface area contributed by atoms with Gasteiger partial charge < -0.3 is 9.47 Å². The maximum Gasteiger partial charge on any atom is 0.260 e. The fraction of sp³-hybridized carbons (Fsp3) is 0.261. The van der Waals surface area contributed by atoms with Crippen LogP contribution in [0.2, 0.25) is 0 Å². The molecule has 1 amide bonds. The van der Waals surface area contributed by atoms with Gasteiger partial charge in [-0.05, 0) is 31.2 Å². The normalized spacial score (nSPS) is 12.8. The summed E-state index contributed by atoms with van der Waals surface area (Å²) in [7, 11) is 3.10. The summed E-state index contributed by atoms with van der Waals surface area (Å²) >= 11 is 0. The molecule has 4 aromatic heterocycles. The number of hydrogen-bond donors (Lipinski definition) is 0. The van der Waals surface area contributed by atoms with Gasteiger partial charge in [-0.1, -0.05) is 0 Å². The lowest BCUT2D eigenvalue weighted by atomic mass is 10.1. The molecule has 0 saturated carbocycles. The minimum atomic E-state index is -0.0864. The first kappa shape index (κ1) is 20.7. The smallest absolute Gasteiger partial charge is 0.260 e. The summed E-state index contributed by atoms with van der Waals surface area (Å²) in [4.78, 5) is 23.7. The van der Waals surface area contributed by atoms with E-state index in [-0.39, 0.29) is 5.91 Å². The zero-order valence-electron chi connectivity index (χ0n) is 18.6. The molecule has 0 atom stereocenters. The van der Waals surface area contributed by atoms with Crippen LogP contribution in [0.4, 0.5) is 5.69 Å². The van der Waals surface area contributed by atoms with E-state index in [1.807, 2.05) is 46.9 Å². The largest absolute Gasteiger partial charge is 0.491 e. The highest BCUT2D eigenvalue weighted by atomic mass is 16.5. The highest BCUT2D eigenvalue weighted by Gasteiger charge is 2.31. The van der Waals surface area contributed by atoms with E-state index in [4.69, 9.17) is 14.5 Å². The van der Waals surface area contributed by atoms with E-state index in [1.165, 1.54) is 0 Å². The molecule has 0 bridgehead atoms. The van der Waals surface area contributed by atoms with Gasteiger partial charge in [0.1, 0.15) is 0 Å². The number of aromatic nitrogens is 6. The Kier molecular flexibility index (Phi) is 5.25. The maximum absolute atomic E-state index is 13.0. The van der Waals surface area contributed by atoms with Crippen molar-refractivity contribution in [2.45, 2.75) is 26.6 Å². The second-order valence-electron chi connectivity index (χ2n) is 7.70. The van der Waals surface area contributed by atoms with E-state index in [9.17, 15) is 4.79 Å². The van der Waals surface area contributed by atoms with Crippen LogP contribution in [0.5, 0.6) is 11.6 Å². The van der Waals surface area contributed by atoms with Gasteiger partial charge in [-0.2, -0.15) is 10.2 Å². The SMILES string of the molecule is COc1cc(-c2ccc3c(n2)CN(c2cnn(CCn4ccc(C)n4)c2)C3=O)cnc1OC. The van der Waals surface area contributed by atoms with E-state index in [2.05, 4.69) is 15.2 Å². The second kappa shape index (κ2) is 8.38. The van der Waals surface area contributed by atoms with Gasteiger partial charge in [-0.25, -0.2) is 4.98 Å². The molecule has 0 aliphatic carbocycles. The van der Waals surface area contributed by atoms with Gasteiger partial charge in [0.2, 0.25) is 0 Å². The van der Waals surface area contributed by atoms with Crippen molar-refractivity contribution < 1.29 is 14.3 Å². The summed E-state index contributed by atoms with van der Waals surface area (Å²) in [5.41, 5.74) is 4.51. The molecular weight excluding hydrogens is 422 g/mol. The van der Waals surface area contributed by atoms with Gasteiger partial charge in [0, 0.05) is 24.2 Å². The molecule has 1 aliphatic rings. The first-order valence-electron chi connectivity index (χ1n) is 10.5. The summed E-state index contributed by atoms with van der Waals surface area (Å²) < 4.78 is 14.2. The summed E-state index contributed by atoms with van der Waals surface area (Å²) in [6, 6.07) is 7.41. The van der Waals surface area contributed by atoms with Crippen molar-refractivity contribution in [3.05, 3.63) is 66.0 Å². The lowest BCUT2D eigenvalue weighted by molar-refractivity contribution is 0.0996. The molecule has 0 aromatic carbocycles. The van der Waals surface area contributed by atoms with Gasteiger partial charge in [-0.15, -0.1) is 0 Å². The molecule has 0 spiro atoms. The Labute approximate surface area is 190 Å². The molecule has 5 rings (SSSR count). The number of anilines is 1. The molecule has 10 nitrogen and oxygen atoms in total. The minimum absolute atomic E-state index is 0.0864. The molecule has 4 aromatic rings. The zero-order valence-corrected chi connectivity index (χ0v) is 18.6. The fourth-order valence-corrected chi connectivity index (χ4v) is 3.83. The molecule has 0 unspecified atom stereocenters. The molecule has 168 valence electrons. The predicted octanol–water partition coefficient (Wildman–Crippen LogP) is 2.72. The monoisotopic (exact) mass is 445 g/mol. The Morgan fingerprint density at radius 1 is 1.06 bits per heavy atom. The second-order valence-corrected chi connectivity index (χ2v) is 7.70. The number of hydrogen-bond acceptors (Lipinski definition) is 7. The van der Waals surface area contributed by atoms with Crippen LogP contribution in [0, 0.1) is 6.92 Å². The van der Waals surface area contributed by atoms with Gasteiger partial charge in [-0.3, -0.25) is 24.0 Å². The minimum Gasteiger partial charge on any atom is -0.491 e. The molecular formula is C23H23N7O3. The van der Waals surface area contributed by atoms with E-state index in [1.54, 1.807) is 37.6 Å². The van der Waals surface area contributed by atoms with Crippen LogP contribution >= 0.6 is 0 Å². The Hall–Kier alpha value is -4.21. The maximum atomic E-state index is 13.0. The van der Waals surface area contributed by atoms with Gasteiger partial charge >= 0.3 is 0 Å². The van der Waals surface area contributed by atoms with Gasteiger partial charge in [0.25, 0.3) is 11.8 Å². The highest BCUT2D eigenvalue weighted by molar-refractivity contribution is 6.09. The summed E-state index contributed by atoms with van der Waals surface area (Å²) in [5, 5.41) is 8.79. The molecule has 0 N–H and O–H groups in total. The van der Waals surface area contributed by atoms with Crippen LogP contribution in [-0.4, -0.2) is 49.7 Å². The molecule has 1 aliphatic heterocycles. The molecule has 10 heteroatoms. The molecule has 5 heterocycles. The van der Waals surface area contributed by atoms with Crippen molar-refractivity contribution in [2.24, 2.45) is 0 Å². The topological polar surface area (TPSA) is 100 Å². The Bertz CT molecular complexity index is 1330. The number of fused-ring (bicyclic) bond motifs is 1. The van der Waals surface area contributed by atoms with Crippen LogP contribution in [0.15, 0.2) is 49.1 Å². The van der Waals surface area contributed by atoms with Gasteiger partial charge in [0.05, 0.1) is 68.4 Å². The quantitative estimate of drug-likeness (QED) is 0.431. The molecule has 0 fully saturated rings. The number of pyridine rings is 2. The third-order valence-corrected chi connectivity index (χ3v) is 5.55. The molecule has 0 saturated heterocycles. The van der Waals surface area contributed by atoms with Crippen molar-refractivity contribution in [3.8, 4) is 22.9 Å². The van der Waals surface area contributed by atoms with E-state index >= 15 is 0 Å². The lowest BCUT2D eigenvalue weighted by Gasteiger charge is -2.12. The Morgan fingerprint density at radius 3 is 2.67 bits per heavy atom. The Balaban J connectivity index is 1.33. The summed E-state index contributed by atoms with van der Waals surface area (Å²) in [5.74, 6) is 0.841. The highest BCUT2D eigenvalue weighted by Crippen LogP contribution is 2.32. The number of ether oxygens (including phenoxy) is 2. The number of rotatable bonds is 7. The van der Waals surface area contributed by atoms with Crippen molar-refractivity contribution in [3.63, 3.8) is 0 Å². The van der Waals surface area contributed by atoms with E-state index in [0.29, 0.717) is 48.2 Å². The number of aryl methyl sites for hydroxylation is 3. The number of carbonyl (C=O) groups is 1. The van der Waals surface area contributed by atoms with E-state index < -0.39 is 0 Å². The molecule has 0 radical (unpaired) electrons. The number of amides is 1. The summed E-state index contributed by atoms with van der Waals surface area (Å²) in [6.07, 6.45) is 7.20.